The van der Waals surface area contributed by atoms with Crippen molar-refractivity contribution in [3.8, 4) is 0 Å². The SMILES string of the molecule is O=C1NC(=O)/C(=C\c2cc(C(F)(F)F)cc(Cl)c2N2CCN(C3CCCC3)CC2)S1. The van der Waals surface area contributed by atoms with Gasteiger partial charge in [-0.25, -0.2) is 0 Å². The zero-order valence-corrected chi connectivity index (χ0v) is 17.7. The van der Waals surface area contributed by atoms with E-state index in [1.54, 1.807) is 0 Å². The molecule has 162 valence electrons. The number of rotatable bonds is 3. The van der Waals surface area contributed by atoms with Gasteiger partial charge in [0, 0.05) is 37.8 Å². The van der Waals surface area contributed by atoms with E-state index in [0.717, 1.165) is 25.2 Å². The molecule has 0 unspecified atom stereocenters. The van der Waals surface area contributed by atoms with E-state index in [4.69, 9.17) is 11.6 Å². The monoisotopic (exact) mass is 459 g/mol. The third kappa shape index (κ3) is 4.48. The molecule has 10 heteroatoms. The second-order valence-corrected chi connectivity index (χ2v) is 9.13. The van der Waals surface area contributed by atoms with Crippen molar-refractivity contribution in [2.24, 2.45) is 0 Å². The van der Waals surface area contributed by atoms with E-state index in [9.17, 15) is 22.8 Å². The van der Waals surface area contributed by atoms with Crippen LogP contribution in [-0.2, 0) is 11.0 Å². The molecule has 0 aromatic heterocycles. The zero-order valence-electron chi connectivity index (χ0n) is 16.1. The standard InChI is InChI=1S/C20H21ClF3N3O2S/c21-15-11-13(20(22,23)24)9-12(10-16-18(28)25-19(29)30-16)17(15)27-7-5-26(6-8-27)14-3-1-2-4-14/h9-11,14H,1-8H2,(H,25,28,29)/b16-10+. The van der Waals surface area contributed by atoms with Crippen LogP contribution in [0.2, 0.25) is 5.02 Å². The number of benzene rings is 1. The quantitative estimate of drug-likeness (QED) is 0.661. The van der Waals surface area contributed by atoms with Gasteiger partial charge >= 0.3 is 6.18 Å². The van der Waals surface area contributed by atoms with Gasteiger partial charge in [-0.15, -0.1) is 0 Å². The summed E-state index contributed by atoms with van der Waals surface area (Å²) in [6.45, 7) is 2.89. The maximum atomic E-state index is 13.4. The van der Waals surface area contributed by atoms with Gasteiger partial charge in [-0.3, -0.25) is 19.8 Å². The Balaban J connectivity index is 1.66. The number of alkyl halides is 3. The lowest BCUT2D eigenvalue weighted by molar-refractivity contribution is -0.137. The van der Waals surface area contributed by atoms with E-state index >= 15 is 0 Å². The number of amides is 2. The molecule has 0 radical (unpaired) electrons. The largest absolute Gasteiger partial charge is 0.416 e. The highest BCUT2D eigenvalue weighted by atomic mass is 35.5. The Morgan fingerprint density at radius 1 is 1.10 bits per heavy atom. The van der Waals surface area contributed by atoms with Crippen molar-refractivity contribution in [3.63, 3.8) is 0 Å². The van der Waals surface area contributed by atoms with Crippen LogP contribution in [0, 0.1) is 0 Å². The molecule has 3 aliphatic rings. The number of halogens is 4. The maximum absolute atomic E-state index is 13.4. The minimum Gasteiger partial charge on any atom is -0.367 e. The molecular formula is C20H21ClF3N3O2S. The molecule has 2 amide bonds. The second-order valence-electron chi connectivity index (χ2n) is 7.71. The number of hydrogen-bond donors (Lipinski definition) is 1. The Labute approximate surface area is 181 Å². The molecule has 4 rings (SSSR count). The number of nitrogens with one attached hydrogen (secondary N) is 1. The first kappa shape index (κ1) is 21.5. The van der Waals surface area contributed by atoms with Crippen molar-refractivity contribution < 1.29 is 22.8 Å². The molecule has 0 atom stereocenters. The molecule has 2 heterocycles. The predicted molar refractivity (Wildman–Crippen MR) is 112 cm³/mol. The average molecular weight is 460 g/mol. The molecule has 30 heavy (non-hydrogen) atoms. The van der Waals surface area contributed by atoms with E-state index in [1.165, 1.54) is 31.8 Å². The molecule has 1 aromatic carbocycles. The number of hydrogen-bond acceptors (Lipinski definition) is 5. The van der Waals surface area contributed by atoms with Crippen LogP contribution in [0.4, 0.5) is 23.7 Å². The molecule has 0 spiro atoms. The van der Waals surface area contributed by atoms with Crippen LogP contribution >= 0.6 is 23.4 Å². The number of nitrogens with zero attached hydrogens (tertiary/aromatic N) is 2. The fraction of sp³-hybridized carbons (Fsp3) is 0.500. The first-order chi connectivity index (χ1) is 14.2. The minimum atomic E-state index is -4.57. The molecule has 1 N–H and O–H groups in total. The molecule has 1 aromatic rings. The van der Waals surface area contributed by atoms with E-state index in [-0.39, 0.29) is 15.5 Å². The summed E-state index contributed by atoms with van der Waals surface area (Å²) < 4.78 is 40.1. The van der Waals surface area contributed by atoms with Gasteiger partial charge < -0.3 is 4.90 Å². The Kier molecular flexibility index (Phi) is 6.05. The lowest BCUT2D eigenvalue weighted by Gasteiger charge is -2.40. The Morgan fingerprint density at radius 3 is 2.33 bits per heavy atom. The van der Waals surface area contributed by atoms with Gasteiger partial charge in [0.25, 0.3) is 11.1 Å². The van der Waals surface area contributed by atoms with Gasteiger partial charge in [0.15, 0.2) is 0 Å². The van der Waals surface area contributed by atoms with Crippen LogP contribution in [0.25, 0.3) is 6.08 Å². The summed E-state index contributed by atoms with van der Waals surface area (Å²) in [7, 11) is 0. The lowest BCUT2D eigenvalue weighted by atomic mass is 10.0. The lowest BCUT2D eigenvalue weighted by Crippen LogP contribution is -2.50. The van der Waals surface area contributed by atoms with E-state index in [1.807, 2.05) is 4.90 Å². The molecule has 2 saturated heterocycles. The van der Waals surface area contributed by atoms with Gasteiger partial charge in [0.1, 0.15) is 0 Å². The third-order valence-electron chi connectivity index (χ3n) is 5.82. The van der Waals surface area contributed by atoms with Crippen LogP contribution in [0.3, 0.4) is 0 Å². The normalized spacial score (nSPS) is 22.9. The second kappa shape index (κ2) is 8.43. The first-order valence-corrected chi connectivity index (χ1v) is 11.1. The van der Waals surface area contributed by atoms with E-state index < -0.39 is 22.9 Å². The molecule has 0 bridgehead atoms. The predicted octanol–water partition coefficient (Wildman–Crippen LogP) is 4.75. The van der Waals surface area contributed by atoms with Crippen molar-refractivity contribution in [1.29, 1.82) is 0 Å². The Hall–Kier alpha value is -1.71. The molecule has 1 saturated carbocycles. The summed E-state index contributed by atoms with van der Waals surface area (Å²) >= 11 is 7.00. The number of piperazine rings is 1. The fourth-order valence-electron chi connectivity index (χ4n) is 4.37. The summed E-state index contributed by atoms with van der Waals surface area (Å²) in [4.78, 5) is 27.9. The average Bonchev–Trinajstić information content (AvgIpc) is 3.31. The minimum absolute atomic E-state index is 0.0132. The van der Waals surface area contributed by atoms with Gasteiger partial charge in [-0.2, -0.15) is 13.2 Å². The van der Waals surface area contributed by atoms with Crippen molar-refractivity contribution in [1.82, 2.24) is 10.2 Å². The van der Waals surface area contributed by atoms with Crippen molar-refractivity contribution in [3.05, 3.63) is 33.2 Å². The number of imide groups is 1. The molecule has 1 aliphatic carbocycles. The summed E-state index contributed by atoms with van der Waals surface area (Å²) in [5.74, 6) is -0.615. The zero-order chi connectivity index (χ0) is 21.5. The maximum Gasteiger partial charge on any atom is 0.416 e. The summed E-state index contributed by atoms with van der Waals surface area (Å²) in [6, 6.07) is 2.50. The van der Waals surface area contributed by atoms with Crippen LogP contribution in [0.5, 0.6) is 0 Å². The van der Waals surface area contributed by atoms with Gasteiger partial charge in [-0.05, 0) is 42.8 Å². The number of thioether (sulfide) groups is 1. The number of carbonyl (C=O) groups excluding carboxylic acids is 2. The third-order valence-corrected chi connectivity index (χ3v) is 6.92. The van der Waals surface area contributed by atoms with Crippen LogP contribution in [0.1, 0.15) is 36.8 Å². The molecule has 5 nitrogen and oxygen atoms in total. The van der Waals surface area contributed by atoms with Gasteiger partial charge in [0.2, 0.25) is 0 Å². The molecule has 3 fully saturated rings. The fourth-order valence-corrected chi connectivity index (χ4v) is 5.39. The molecule has 2 aliphatic heterocycles. The van der Waals surface area contributed by atoms with Crippen molar-refractivity contribution >= 4 is 46.3 Å². The van der Waals surface area contributed by atoms with E-state index in [2.05, 4.69) is 10.2 Å². The highest BCUT2D eigenvalue weighted by Gasteiger charge is 2.34. The summed E-state index contributed by atoms with van der Waals surface area (Å²) in [6.07, 6.45) is 1.62. The summed E-state index contributed by atoms with van der Waals surface area (Å²) in [5.41, 5.74) is -0.227. The van der Waals surface area contributed by atoms with Crippen LogP contribution in [0.15, 0.2) is 17.0 Å². The summed E-state index contributed by atoms with van der Waals surface area (Å²) in [5, 5.41) is 1.57. The highest BCUT2D eigenvalue weighted by molar-refractivity contribution is 8.18. The topological polar surface area (TPSA) is 52.7 Å². The van der Waals surface area contributed by atoms with Gasteiger partial charge in [0.05, 0.1) is 21.2 Å². The Morgan fingerprint density at radius 2 is 1.77 bits per heavy atom. The van der Waals surface area contributed by atoms with Crippen LogP contribution in [-0.4, -0.2) is 48.3 Å². The van der Waals surface area contributed by atoms with Crippen LogP contribution < -0.4 is 10.2 Å². The first-order valence-electron chi connectivity index (χ1n) is 9.87. The van der Waals surface area contributed by atoms with Crippen molar-refractivity contribution in [2.45, 2.75) is 37.9 Å². The van der Waals surface area contributed by atoms with E-state index in [0.29, 0.717) is 36.6 Å². The highest BCUT2D eigenvalue weighted by Crippen LogP contribution is 2.40. The number of anilines is 1. The van der Waals surface area contributed by atoms with Crippen molar-refractivity contribution in [2.75, 3.05) is 31.1 Å². The smallest absolute Gasteiger partial charge is 0.367 e. The number of carbonyl (C=O) groups is 2. The van der Waals surface area contributed by atoms with Gasteiger partial charge in [-0.1, -0.05) is 24.4 Å². The molecular weight excluding hydrogens is 439 g/mol. The Bertz CT molecular complexity index is 892.